The van der Waals surface area contributed by atoms with Gasteiger partial charge in [-0.1, -0.05) is 26.2 Å². The molecule has 1 atom stereocenters. The van der Waals surface area contributed by atoms with Crippen LogP contribution in [0.4, 0.5) is 0 Å². The molecule has 0 spiro atoms. The third-order valence-corrected chi connectivity index (χ3v) is 4.50. The number of ether oxygens (including phenoxy) is 1. The Labute approximate surface area is 120 Å². The van der Waals surface area contributed by atoms with Crippen molar-refractivity contribution in [3.63, 3.8) is 0 Å². The van der Waals surface area contributed by atoms with E-state index in [1.165, 1.54) is 38.5 Å². The fourth-order valence-corrected chi connectivity index (χ4v) is 3.28. The molecule has 3 heteroatoms. The zero-order chi connectivity index (χ0) is 14.3. The van der Waals surface area contributed by atoms with Crippen LogP contribution in [0.1, 0.15) is 59.3 Å². The molecule has 1 N–H and O–H groups in total. The standard InChI is InChI=1S/C16H34N2O/c1-6-12-17-15(13-19-14(2)3)16(18(4)5)10-8-7-9-11-16/h14-15,17H,6-13H2,1-5H3. The van der Waals surface area contributed by atoms with Crippen LogP contribution in [0.5, 0.6) is 0 Å². The molecule has 3 nitrogen and oxygen atoms in total. The third-order valence-electron chi connectivity index (χ3n) is 4.50. The lowest BCUT2D eigenvalue weighted by molar-refractivity contribution is -0.0104. The van der Waals surface area contributed by atoms with Crippen LogP contribution in [0.15, 0.2) is 0 Å². The van der Waals surface area contributed by atoms with Crippen molar-refractivity contribution in [2.24, 2.45) is 0 Å². The Bertz CT molecular complexity index is 235. The summed E-state index contributed by atoms with van der Waals surface area (Å²) in [5.41, 5.74) is 0.280. The lowest BCUT2D eigenvalue weighted by atomic mass is 9.75. The molecule has 0 radical (unpaired) electrons. The fourth-order valence-electron chi connectivity index (χ4n) is 3.28. The Morgan fingerprint density at radius 2 is 1.79 bits per heavy atom. The minimum absolute atomic E-state index is 0.280. The van der Waals surface area contributed by atoms with Crippen molar-refractivity contribution in [3.8, 4) is 0 Å². The van der Waals surface area contributed by atoms with Crippen LogP contribution in [0, 0.1) is 0 Å². The van der Waals surface area contributed by atoms with Crippen molar-refractivity contribution < 1.29 is 4.74 Å². The Kier molecular flexibility index (Phi) is 7.33. The summed E-state index contributed by atoms with van der Waals surface area (Å²) in [5, 5.41) is 3.75. The van der Waals surface area contributed by atoms with Crippen LogP contribution < -0.4 is 5.32 Å². The summed E-state index contributed by atoms with van der Waals surface area (Å²) in [7, 11) is 4.47. The first-order chi connectivity index (χ1) is 9.03. The van der Waals surface area contributed by atoms with Gasteiger partial charge in [0.1, 0.15) is 0 Å². The average Bonchev–Trinajstić information content (AvgIpc) is 2.39. The minimum Gasteiger partial charge on any atom is -0.377 e. The number of likely N-dealkylation sites (N-methyl/N-ethyl adjacent to an activating group) is 1. The van der Waals surface area contributed by atoms with Gasteiger partial charge >= 0.3 is 0 Å². The van der Waals surface area contributed by atoms with Crippen molar-refractivity contribution in [1.29, 1.82) is 0 Å². The molecule has 0 aromatic rings. The number of hydrogen-bond acceptors (Lipinski definition) is 3. The highest BCUT2D eigenvalue weighted by Gasteiger charge is 2.41. The second kappa shape index (κ2) is 8.23. The number of hydrogen-bond donors (Lipinski definition) is 1. The summed E-state index contributed by atoms with van der Waals surface area (Å²) in [6, 6.07) is 0.449. The zero-order valence-electron chi connectivity index (χ0n) is 13.7. The molecule has 1 aliphatic carbocycles. The van der Waals surface area contributed by atoms with E-state index in [0.717, 1.165) is 13.2 Å². The van der Waals surface area contributed by atoms with E-state index in [1.807, 2.05) is 0 Å². The zero-order valence-corrected chi connectivity index (χ0v) is 13.7. The largest absolute Gasteiger partial charge is 0.377 e. The van der Waals surface area contributed by atoms with Gasteiger partial charge in [0.25, 0.3) is 0 Å². The first-order valence-electron chi connectivity index (χ1n) is 8.05. The topological polar surface area (TPSA) is 24.5 Å². The van der Waals surface area contributed by atoms with E-state index in [9.17, 15) is 0 Å². The Hall–Kier alpha value is -0.120. The van der Waals surface area contributed by atoms with Crippen molar-refractivity contribution in [2.75, 3.05) is 27.2 Å². The fraction of sp³-hybridized carbons (Fsp3) is 1.00. The smallest absolute Gasteiger partial charge is 0.0641 e. The van der Waals surface area contributed by atoms with Crippen molar-refractivity contribution in [2.45, 2.75) is 77.0 Å². The van der Waals surface area contributed by atoms with E-state index < -0.39 is 0 Å². The molecule has 0 bridgehead atoms. The van der Waals surface area contributed by atoms with Gasteiger partial charge in [-0.15, -0.1) is 0 Å². The maximum atomic E-state index is 5.94. The molecule has 1 fully saturated rings. The lowest BCUT2D eigenvalue weighted by Gasteiger charge is -2.49. The van der Waals surface area contributed by atoms with E-state index in [2.05, 4.69) is 45.1 Å². The summed E-state index contributed by atoms with van der Waals surface area (Å²) < 4.78 is 5.94. The van der Waals surface area contributed by atoms with E-state index in [4.69, 9.17) is 4.74 Å². The highest BCUT2D eigenvalue weighted by Crippen LogP contribution is 2.35. The summed E-state index contributed by atoms with van der Waals surface area (Å²) in [6.07, 6.45) is 8.18. The van der Waals surface area contributed by atoms with Crippen molar-refractivity contribution in [1.82, 2.24) is 10.2 Å². The second-order valence-corrected chi connectivity index (χ2v) is 6.45. The Morgan fingerprint density at radius 1 is 1.16 bits per heavy atom. The van der Waals surface area contributed by atoms with Gasteiger partial charge in [0.05, 0.1) is 12.7 Å². The van der Waals surface area contributed by atoms with Gasteiger partial charge in [-0.25, -0.2) is 0 Å². The minimum atomic E-state index is 0.280. The predicted molar refractivity (Wildman–Crippen MR) is 82.7 cm³/mol. The summed E-state index contributed by atoms with van der Waals surface area (Å²) in [4.78, 5) is 2.45. The van der Waals surface area contributed by atoms with Crippen LogP contribution in [0.25, 0.3) is 0 Å². The van der Waals surface area contributed by atoms with Gasteiger partial charge in [0.2, 0.25) is 0 Å². The second-order valence-electron chi connectivity index (χ2n) is 6.45. The molecule has 0 aromatic heterocycles. The van der Waals surface area contributed by atoms with Gasteiger partial charge in [0.15, 0.2) is 0 Å². The maximum absolute atomic E-state index is 5.94. The van der Waals surface area contributed by atoms with Gasteiger partial charge in [-0.2, -0.15) is 0 Å². The molecule has 0 heterocycles. The number of nitrogens with zero attached hydrogens (tertiary/aromatic N) is 1. The van der Waals surface area contributed by atoms with Crippen LogP contribution in [0.2, 0.25) is 0 Å². The SMILES string of the molecule is CCCNC(COC(C)C)C1(N(C)C)CCCCC1. The molecule has 0 saturated heterocycles. The predicted octanol–water partition coefficient (Wildman–Crippen LogP) is 3.04. The number of rotatable bonds is 8. The molecular formula is C16H34N2O. The quantitative estimate of drug-likeness (QED) is 0.733. The first kappa shape index (κ1) is 16.9. The molecule has 1 saturated carbocycles. The van der Waals surface area contributed by atoms with Gasteiger partial charge in [-0.3, -0.25) is 0 Å². The van der Waals surface area contributed by atoms with Crippen LogP contribution in [0.3, 0.4) is 0 Å². The summed E-state index contributed by atoms with van der Waals surface area (Å²) >= 11 is 0. The highest BCUT2D eigenvalue weighted by atomic mass is 16.5. The Morgan fingerprint density at radius 3 is 2.26 bits per heavy atom. The number of nitrogens with one attached hydrogen (secondary N) is 1. The molecular weight excluding hydrogens is 236 g/mol. The van der Waals surface area contributed by atoms with E-state index in [1.54, 1.807) is 0 Å². The molecule has 114 valence electrons. The summed E-state index contributed by atoms with van der Waals surface area (Å²) in [6.45, 7) is 8.40. The highest BCUT2D eigenvalue weighted by molar-refractivity contribution is 5.00. The van der Waals surface area contributed by atoms with Crippen molar-refractivity contribution in [3.05, 3.63) is 0 Å². The molecule has 1 unspecified atom stereocenters. The van der Waals surface area contributed by atoms with Gasteiger partial charge < -0.3 is 15.0 Å². The molecule has 0 aliphatic heterocycles. The molecule has 1 rings (SSSR count). The lowest BCUT2D eigenvalue weighted by Crippen LogP contribution is -2.62. The molecule has 0 amide bonds. The van der Waals surface area contributed by atoms with Crippen LogP contribution >= 0.6 is 0 Å². The summed E-state index contributed by atoms with van der Waals surface area (Å²) in [5.74, 6) is 0. The van der Waals surface area contributed by atoms with Crippen molar-refractivity contribution >= 4 is 0 Å². The monoisotopic (exact) mass is 270 g/mol. The van der Waals surface area contributed by atoms with E-state index in [-0.39, 0.29) is 5.54 Å². The first-order valence-corrected chi connectivity index (χ1v) is 8.05. The Balaban J connectivity index is 2.76. The van der Waals surface area contributed by atoms with Gasteiger partial charge in [0, 0.05) is 11.6 Å². The van der Waals surface area contributed by atoms with E-state index >= 15 is 0 Å². The molecule has 0 aromatic carbocycles. The van der Waals surface area contributed by atoms with Crippen LogP contribution in [-0.4, -0.2) is 49.8 Å². The van der Waals surface area contributed by atoms with Gasteiger partial charge in [-0.05, 0) is 53.8 Å². The molecule has 1 aliphatic rings. The normalized spacial score (nSPS) is 21.0. The average molecular weight is 270 g/mol. The van der Waals surface area contributed by atoms with Crippen LogP contribution in [-0.2, 0) is 4.74 Å². The molecule has 19 heavy (non-hydrogen) atoms. The van der Waals surface area contributed by atoms with E-state index in [0.29, 0.717) is 12.1 Å². The maximum Gasteiger partial charge on any atom is 0.0641 e. The third kappa shape index (κ3) is 4.73.